The standard InChI is InChI=1S/C12H10N4S/c1-7-11(15-8(2)16-12(7)17)10-3-9(4-13)5-14-6-10/h3,5-6H,1-2H3,(H,15,16,17). The van der Waals surface area contributed by atoms with E-state index in [4.69, 9.17) is 17.5 Å². The average Bonchev–Trinajstić information content (AvgIpc) is 2.34. The Labute approximate surface area is 104 Å². The number of aryl methyl sites for hydroxylation is 1. The number of nitrogens with zero attached hydrogens (tertiary/aromatic N) is 3. The van der Waals surface area contributed by atoms with Crippen LogP contribution >= 0.6 is 12.2 Å². The molecule has 0 unspecified atom stereocenters. The van der Waals surface area contributed by atoms with Gasteiger partial charge in [0, 0.05) is 23.5 Å². The second-order valence-electron chi connectivity index (χ2n) is 3.70. The SMILES string of the molecule is Cc1nc(=S)c(C)c(-c2cncc(C#N)c2)[nH]1. The van der Waals surface area contributed by atoms with Crippen molar-refractivity contribution < 1.29 is 0 Å². The van der Waals surface area contributed by atoms with Crippen LogP contribution in [0.15, 0.2) is 18.5 Å². The molecule has 2 aromatic heterocycles. The molecule has 4 nitrogen and oxygen atoms in total. The Morgan fingerprint density at radius 3 is 2.82 bits per heavy atom. The maximum atomic E-state index is 8.85. The first-order valence-corrected chi connectivity index (χ1v) is 5.45. The van der Waals surface area contributed by atoms with Gasteiger partial charge in [-0.15, -0.1) is 0 Å². The van der Waals surface area contributed by atoms with Crippen LogP contribution in [0.4, 0.5) is 0 Å². The molecule has 0 saturated carbocycles. The Morgan fingerprint density at radius 1 is 1.35 bits per heavy atom. The Hall–Kier alpha value is -2.06. The van der Waals surface area contributed by atoms with Gasteiger partial charge in [0.2, 0.25) is 0 Å². The van der Waals surface area contributed by atoms with Gasteiger partial charge in [0.15, 0.2) is 0 Å². The second-order valence-corrected chi connectivity index (χ2v) is 4.09. The highest BCUT2D eigenvalue weighted by Crippen LogP contribution is 2.21. The molecule has 0 fully saturated rings. The van der Waals surface area contributed by atoms with Gasteiger partial charge in [0.05, 0.1) is 11.3 Å². The van der Waals surface area contributed by atoms with E-state index in [1.807, 2.05) is 13.8 Å². The molecule has 0 aliphatic heterocycles. The fourth-order valence-corrected chi connectivity index (χ4v) is 1.81. The first kappa shape index (κ1) is 11.4. The molecule has 0 bridgehead atoms. The van der Waals surface area contributed by atoms with Crippen LogP contribution in [-0.2, 0) is 0 Å². The van der Waals surface area contributed by atoms with Crippen molar-refractivity contribution in [1.29, 1.82) is 5.26 Å². The van der Waals surface area contributed by atoms with E-state index in [-0.39, 0.29) is 0 Å². The molecule has 17 heavy (non-hydrogen) atoms. The molecule has 0 atom stereocenters. The Kier molecular flexibility index (Phi) is 2.98. The first-order chi connectivity index (χ1) is 8.11. The fourth-order valence-electron chi connectivity index (χ4n) is 1.57. The van der Waals surface area contributed by atoms with Crippen LogP contribution in [0.3, 0.4) is 0 Å². The van der Waals surface area contributed by atoms with E-state index in [1.54, 1.807) is 12.3 Å². The van der Waals surface area contributed by atoms with Crippen LogP contribution < -0.4 is 0 Å². The Balaban J connectivity index is 2.69. The fraction of sp³-hybridized carbons (Fsp3) is 0.167. The summed E-state index contributed by atoms with van der Waals surface area (Å²) in [5, 5.41) is 8.85. The normalized spacial score (nSPS) is 9.94. The van der Waals surface area contributed by atoms with Crippen molar-refractivity contribution in [1.82, 2.24) is 15.0 Å². The third-order valence-corrected chi connectivity index (χ3v) is 2.82. The van der Waals surface area contributed by atoms with E-state index in [0.717, 1.165) is 22.6 Å². The molecule has 0 aromatic carbocycles. The van der Waals surface area contributed by atoms with Gasteiger partial charge in [-0.05, 0) is 19.9 Å². The van der Waals surface area contributed by atoms with Crippen molar-refractivity contribution in [2.45, 2.75) is 13.8 Å². The van der Waals surface area contributed by atoms with Gasteiger partial charge in [-0.3, -0.25) is 4.98 Å². The first-order valence-electron chi connectivity index (χ1n) is 5.05. The minimum absolute atomic E-state index is 0.524. The third kappa shape index (κ3) is 2.22. The van der Waals surface area contributed by atoms with E-state index in [0.29, 0.717) is 10.2 Å². The Morgan fingerprint density at radius 2 is 2.12 bits per heavy atom. The highest BCUT2D eigenvalue weighted by molar-refractivity contribution is 7.71. The van der Waals surface area contributed by atoms with Crippen molar-refractivity contribution in [2.24, 2.45) is 0 Å². The van der Waals surface area contributed by atoms with Crippen LogP contribution in [0.2, 0.25) is 0 Å². The van der Waals surface area contributed by atoms with Crippen molar-refractivity contribution in [3.63, 3.8) is 0 Å². The predicted molar refractivity (Wildman–Crippen MR) is 66.8 cm³/mol. The molecule has 2 heterocycles. The summed E-state index contributed by atoms with van der Waals surface area (Å²) in [5.41, 5.74) is 3.13. The molecule has 0 saturated heterocycles. The smallest absolute Gasteiger partial charge is 0.133 e. The molecule has 84 valence electrons. The quantitative estimate of drug-likeness (QED) is 0.781. The number of hydrogen-bond donors (Lipinski definition) is 1. The molecule has 2 rings (SSSR count). The van der Waals surface area contributed by atoms with E-state index >= 15 is 0 Å². The number of nitrogens with one attached hydrogen (secondary N) is 1. The lowest BCUT2D eigenvalue weighted by molar-refractivity contribution is 1.02. The lowest BCUT2D eigenvalue weighted by Gasteiger charge is -2.07. The molecular formula is C12H10N4S. The zero-order valence-electron chi connectivity index (χ0n) is 9.48. The second kappa shape index (κ2) is 4.44. The molecule has 1 N–H and O–H groups in total. The summed E-state index contributed by atoms with van der Waals surface area (Å²) < 4.78 is 0.568. The van der Waals surface area contributed by atoms with E-state index < -0.39 is 0 Å². The third-order valence-electron chi connectivity index (χ3n) is 2.43. The molecule has 0 amide bonds. The van der Waals surface area contributed by atoms with E-state index in [9.17, 15) is 0 Å². The minimum Gasteiger partial charge on any atom is -0.343 e. The van der Waals surface area contributed by atoms with Crippen molar-refractivity contribution in [3.05, 3.63) is 40.1 Å². The number of H-pyrrole nitrogens is 1. The molecular weight excluding hydrogens is 232 g/mol. The topological polar surface area (TPSA) is 65.4 Å². The maximum absolute atomic E-state index is 8.85. The van der Waals surface area contributed by atoms with Crippen molar-refractivity contribution >= 4 is 12.2 Å². The largest absolute Gasteiger partial charge is 0.343 e. The summed E-state index contributed by atoms with van der Waals surface area (Å²) in [6, 6.07) is 3.85. The zero-order valence-corrected chi connectivity index (χ0v) is 10.3. The lowest BCUT2D eigenvalue weighted by Crippen LogP contribution is -1.97. The molecule has 5 heteroatoms. The Bertz CT molecular complexity index is 667. The highest BCUT2D eigenvalue weighted by atomic mass is 32.1. The summed E-state index contributed by atoms with van der Waals surface area (Å²) in [5.74, 6) is 0.748. The average molecular weight is 242 g/mol. The van der Waals surface area contributed by atoms with Gasteiger partial charge in [0.1, 0.15) is 16.5 Å². The maximum Gasteiger partial charge on any atom is 0.133 e. The molecule has 0 radical (unpaired) electrons. The van der Waals surface area contributed by atoms with Crippen molar-refractivity contribution in [3.8, 4) is 17.3 Å². The van der Waals surface area contributed by atoms with Gasteiger partial charge < -0.3 is 4.98 Å². The van der Waals surface area contributed by atoms with Gasteiger partial charge in [-0.1, -0.05) is 12.2 Å². The molecule has 0 aliphatic rings. The molecule has 2 aromatic rings. The van der Waals surface area contributed by atoms with Gasteiger partial charge in [-0.25, -0.2) is 4.98 Å². The summed E-state index contributed by atoms with van der Waals surface area (Å²) in [6.45, 7) is 3.75. The summed E-state index contributed by atoms with van der Waals surface area (Å²) in [4.78, 5) is 11.4. The van der Waals surface area contributed by atoms with Crippen LogP contribution in [0.5, 0.6) is 0 Å². The van der Waals surface area contributed by atoms with Gasteiger partial charge in [0.25, 0.3) is 0 Å². The number of aromatic nitrogens is 3. The van der Waals surface area contributed by atoms with Crippen LogP contribution in [0, 0.1) is 29.8 Å². The molecule has 0 aliphatic carbocycles. The number of rotatable bonds is 1. The summed E-state index contributed by atoms with van der Waals surface area (Å²) in [7, 11) is 0. The monoisotopic (exact) mass is 242 g/mol. The van der Waals surface area contributed by atoms with Gasteiger partial charge >= 0.3 is 0 Å². The van der Waals surface area contributed by atoms with E-state index in [2.05, 4.69) is 21.0 Å². The lowest BCUT2D eigenvalue weighted by atomic mass is 10.1. The number of hydrogen-bond acceptors (Lipinski definition) is 4. The minimum atomic E-state index is 0.524. The van der Waals surface area contributed by atoms with Crippen LogP contribution in [-0.4, -0.2) is 15.0 Å². The number of nitriles is 1. The highest BCUT2D eigenvalue weighted by Gasteiger charge is 2.06. The van der Waals surface area contributed by atoms with Crippen molar-refractivity contribution in [2.75, 3.05) is 0 Å². The summed E-state index contributed by atoms with van der Waals surface area (Å²) >= 11 is 5.17. The number of pyridine rings is 1. The van der Waals surface area contributed by atoms with Crippen LogP contribution in [0.25, 0.3) is 11.3 Å². The predicted octanol–water partition coefficient (Wildman–Crippen LogP) is 2.69. The van der Waals surface area contributed by atoms with Crippen LogP contribution in [0.1, 0.15) is 17.0 Å². The zero-order chi connectivity index (χ0) is 12.4. The van der Waals surface area contributed by atoms with E-state index in [1.165, 1.54) is 6.20 Å². The van der Waals surface area contributed by atoms with Gasteiger partial charge in [-0.2, -0.15) is 5.26 Å². The molecule has 0 spiro atoms. The number of aromatic amines is 1. The summed E-state index contributed by atoms with van der Waals surface area (Å²) in [6.07, 6.45) is 3.23.